The van der Waals surface area contributed by atoms with E-state index in [4.69, 9.17) is 15.2 Å². The lowest BCUT2D eigenvalue weighted by Gasteiger charge is -2.17. The van der Waals surface area contributed by atoms with Crippen LogP contribution in [0.3, 0.4) is 0 Å². The van der Waals surface area contributed by atoms with Gasteiger partial charge in [-0.3, -0.25) is 4.79 Å². The molecule has 19 heavy (non-hydrogen) atoms. The zero-order chi connectivity index (χ0) is 14.0. The van der Waals surface area contributed by atoms with Gasteiger partial charge in [-0.1, -0.05) is 15.9 Å². The topological polar surface area (TPSA) is 73.6 Å². The zero-order valence-electron chi connectivity index (χ0n) is 10.9. The number of ether oxygens (including phenoxy) is 2. The Bertz CT molecular complexity index is 471. The summed E-state index contributed by atoms with van der Waals surface area (Å²) in [5.41, 5.74) is 6.76. The smallest absolute Gasteiger partial charge is 0.251 e. The van der Waals surface area contributed by atoms with Crippen LogP contribution in [0.25, 0.3) is 0 Å². The van der Waals surface area contributed by atoms with Crippen LogP contribution < -0.4 is 11.1 Å². The molecule has 1 aromatic carbocycles. The van der Waals surface area contributed by atoms with Gasteiger partial charge >= 0.3 is 0 Å². The van der Waals surface area contributed by atoms with E-state index in [9.17, 15) is 4.79 Å². The van der Waals surface area contributed by atoms with Crippen LogP contribution in [0.2, 0.25) is 0 Å². The molecule has 1 fully saturated rings. The molecule has 1 saturated heterocycles. The first-order valence-corrected chi connectivity index (χ1v) is 6.81. The highest BCUT2D eigenvalue weighted by atomic mass is 79.9. The van der Waals surface area contributed by atoms with Gasteiger partial charge in [-0.05, 0) is 32.0 Å². The first kappa shape index (κ1) is 14.3. The monoisotopic (exact) mass is 328 g/mol. The van der Waals surface area contributed by atoms with Crippen LogP contribution in [-0.2, 0) is 9.47 Å². The Hall–Kier alpha value is -1.11. The minimum absolute atomic E-state index is 0.122. The number of amides is 1. The molecular formula is C13H17BrN2O3. The van der Waals surface area contributed by atoms with E-state index in [1.807, 2.05) is 13.8 Å². The molecule has 1 heterocycles. The molecule has 1 unspecified atom stereocenters. The minimum atomic E-state index is -0.574. The van der Waals surface area contributed by atoms with Gasteiger partial charge in [0.15, 0.2) is 5.79 Å². The Morgan fingerprint density at radius 3 is 2.84 bits per heavy atom. The second-order valence-electron chi connectivity index (χ2n) is 4.93. The van der Waals surface area contributed by atoms with Gasteiger partial charge in [0.25, 0.3) is 5.91 Å². The number of anilines is 1. The van der Waals surface area contributed by atoms with Gasteiger partial charge in [-0.15, -0.1) is 0 Å². The highest BCUT2D eigenvalue weighted by Crippen LogP contribution is 2.22. The van der Waals surface area contributed by atoms with Crippen LogP contribution in [-0.4, -0.2) is 30.9 Å². The van der Waals surface area contributed by atoms with Crippen LogP contribution in [0.5, 0.6) is 0 Å². The molecule has 1 atom stereocenters. The van der Waals surface area contributed by atoms with Crippen LogP contribution in [0.4, 0.5) is 5.69 Å². The van der Waals surface area contributed by atoms with Gasteiger partial charge in [0.05, 0.1) is 6.61 Å². The number of halogens is 1. The van der Waals surface area contributed by atoms with Crippen molar-refractivity contribution in [1.82, 2.24) is 5.32 Å². The largest absolute Gasteiger partial charge is 0.399 e. The number of hydrogen-bond donors (Lipinski definition) is 2. The average Bonchev–Trinajstić information content (AvgIpc) is 2.64. The molecule has 0 aliphatic carbocycles. The molecule has 1 aliphatic rings. The van der Waals surface area contributed by atoms with Gasteiger partial charge in [-0.25, -0.2) is 0 Å². The van der Waals surface area contributed by atoms with Crippen LogP contribution >= 0.6 is 15.9 Å². The SMILES string of the molecule is CC1(C)OCC(CNC(=O)c2cc(N)cc(Br)c2)O1. The molecule has 1 aromatic rings. The molecule has 0 bridgehead atoms. The second kappa shape index (κ2) is 5.48. The third-order valence-electron chi connectivity index (χ3n) is 2.74. The van der Waals surface area contributed by atoms with E-state index in [-0.39, 0.29) is 12.0 Å². The Kier molecular flexibility index (Phi) is 4.13. The van der Waals surface area contributed by atoms with E-state index in [0.717, 1.165) is 4.47 Å². The molecule has 0 radical (unpaired) electrons. The Balaban J connectivity index is 1.91. The molecule has 0 aromatic heterocycles. The van der Waals surface area contributed by atoms with Crippen molar-refractivity contribution >= 4 is 27.5 Å². The van der Waals surface area contributed by atoms with Gasteiger partial charge in [0.1, 0.15) is 6.10 Å². The molecule has 5 nitrogen and oxygen atoms in total. The quantitative estimate of drug-likeness (QED) is 0.831. The average molecular weight is 329 g/mol. The van der Waals surface area contributed by atoms with Gasteiger partial charge in [0, 0.05) is 22.3 Å². The maximum atomic E-state index is 12.0. The molecule has 1 aliphatic heterocycles. The fraction of sp³-hybridized carbons (Fsp3) is 0.462. The first-order chi connectivity index (χ1) is 8.85. The van der Waals surface area contributed by atoms with Gasteiger partial charge in [-0.2, -0.15) is 0 Å². The summed E-state index contributed by atoms with van der Waals surface area (Å²) < 4.78 is 11.8. The third kappa shape index (κ3) is 3.92. The van der Waals surface area contributed by atoms with E-state index in [2.05, 4.69) is 21.2 Å². The van der Waals surface area contributed by atoms with Crippen molar-refractivity contribution in [2.75, 3.05) is 18.9 Å². The van der Waals surface area contributed by atoms with E-state index in [1.54, 1.807) is 18.2 Å². The maximum Gasteiger partial charge on any atom is 0.251 e. The number of nitrogens with two attached hydrogens (primary N) is 1. The van der Waals surface area contributed by atoms with Crippen molar-refractivity contribution in [3.8, 4) is 0 Å². The summed E-state index contributed by atoms with van der Waals surface area (Å²) in [5, 5.41) is 2.81. The molecule has 0 spiro atoms. The lowest BCUT2D eigenvalue weighted by Crippen LogP contribution is -2.34. The molecule has 1 amide bonds. The highest BCUT2D eigenvalue weighted by molar-refractivity contribution is 9.10. The molecule has 104 valence electrons. The molecule has 0 saturated carbocycles. The Morgan fingerprint density at radius 1 is 1.53 bits per heavy atom. The van der Waals surface area contributed by atoms with Crippen molar-refractivity contribution in [2.45, 2.75) is 25.7 Å². The summed E-state index contributed by atoms with van der Waals surface area (Å²) >= 11 is 3.31. The summed E-state index contributed by atoms with van der Waals surface area (Å²) in [5.74, 6) is -0.753. The Morgan fingerprint density at radius 2 is 2.26 bits per heavy atom. The number of rotatable bonds is 3. The lowest BCUT2D eigenvalue weighted by atomic mass is 10.2. The van der Waals surface area contributed by atoms with E-state index in [0.29, 0.717) is 24.4 Å². The number of carbonyl (C=O) groups is 1. The fourth-order valence-electron chi connectivity index (χ4n) is 1.92. The highest BCUT2D eigenvalue weighted by Gasteiger charge is 2.32. The van der Waals surface area contributed by atoms with Crippen LogP contribution in [0.15, 0.2) is 22.7 Å². The van der Waals surface area contributed by atoms with E-state index < -0.39 is 5.79 Å². The number of benzene rings is 1. The zero-order valence-corrected chi connectivity index (χ0v) is 12.5. The van der Waals surface area contributed by atoms with Crippen LogP contribution in [0.1, 0.15) is 24.2 Å². The molecule has 2 rings (SSSR count). The molecule has 6 heteroatoms. The number of hydrogen-bond acceptors (Lipinski definition) is 4. The first-order valence-electron chi connectivity index (χ1n) is 6.02. The standard InChI is InChI=1S/C13H17BrN2O3/c1-13(2)18-7-11(19-13)6-16-12(17)8-3-9(14)5-10(15)4-8/h3-5,11H,6-7,15H2,1-2H3,(H,16,17). The Labute approximate surface area is 120 Å². The number of nitrogen functional groups attached to an aromatic ring is 1. The van der Waals surface area contributed by atoms with Crippen molar-refractivity contribution in [3.05, 3.63) is 28.2 Å². The van der Waals surface area contributed by atoms with E-state index in [1.165, 1.54) is 0 Å². The van der Waals surface area contributed by atoms with Crippen LogP contribution in [0, 0.1) is 0 Å². The predicted molar refractivity (Wildman–Crippen MR) is 75.8 cm³/mol. The van der Waals surface area contributed by atoms with Gasteiger partial charge in [0.2, 0.25) is 0 Å². The fourth-order valence-corrected chi connectivity index (χ4v) is 2.43. The summed E-state index contributed by atoms with van der Waals surface area (Å²) in [6.07, 6.45) is -0.122. The van der Waals surface area contributed by atoms with E-state index >= 15 is 0 Å². The van der Waals surface area contributed by atoms with Gasteiger partial charge < -0.3 is 20.5 Å². The maximum absolute atomic E-state index is 12.0. The number of nitrogens with one attached hydrogen (secondary N) is 1. The molecule has 3 N–H and O–H groups in total. The third-order valence-corrected chi connectivity index (χ3v) is 3.20. The van der Waals surface area contributed by atoms with Crippen molar-refractivity contribution < 1.29 is 14.3 Å². The summed E-state index contributed by atoms with van der Waals surface area (Å²) in [6.45, 7) is 4.59. The van der Waals surface area contributed by atoms with Crippen molar-refractivity contribution in [1.29, 1.82) is 0 Å². The lowest BCUT2D eigenvalue weighted by molar-refractivity contribution is -0.137. The van der Waals surface area contributed by atoms with Crippen molar-refractivity contribution in [3.63, 3.8) is 0 Å². The predicted octanol–water partition coefficient (Wildman–Crippen LogP) is 1.91. The normalized spacial score (nSPS) is 21.3. The summed E-state index contributed by atoms with van der Waals surface area (Å²) in [6, 6.07) is 5.10. The van der Waals surface area contributed by atoms with Crippen molar-refractivity contribution in [2.24, 2.45) is 0 Å². The summed E-state index contributed by atoms with van der Waals surface area (Å²) in [4.78, 5) is 12.0. The minimum Gasteiger partial charge on any atom is -0.399 e. The second-order valence-corrected chi connectivity index (χ2v) is 5.85. The molecular weight excluding hydrogens is 312 g/mol. The summed E-state index contributed by atoms with van der Waals surface area (Å²) in [7, 11) is 0. The number of carbonyl (C=O) groups excluding carboxylic acids is 1.